The normalized spacial score (nSPS) is 21.7. The molecule has 1 fully saturated rings. The van der Waals surface area contributed by atoms with Gasteiger partial charge >= 0.3 is 5.97 Å². The van der Waals surface area contributed by atoms with E-state index in [0.717, 1.165) is 17.9 Å². The van der Waals surface area contributed by atoms with E-state index >= 15 is 0 Å². The van der Waals surface area contributed by atoms with E-state index in [0.29, 0.717) is 17.0 Å². The zero-order valence-corrected chi connectivity index (χ0v) is 12.5. The summed E-state index contributed by atoms with van der Waals surface area (Å²) in [5.74, 6) is 1.99. The third-order valence-corrected chi connectivity index (χ3v) is 4.93. The van der Waals surface area contributed by atoms with Crippen LogP contribution in [0.5, 0.6) is 0 Å². The zero-order valence-electron chi connectivity index (χ0n) is 11.7. The summed E-state index contributed by atoms with van der Waals surface area (Å²) < 4.78 is 4.82. The molecule has 0 spiro atoms. The molecule has 0 aliphatic carbocycles. The Bertz CT molecular complexity index is 459. The topological polar surface area (TPSA) is 38.3 Å². The molecular weight excluding hydrogens is 258 g/mol. The van der Waals surface area contributed by atoms with Crippen molar-refractivity contribution in [2.75, 3.05) is 23.9 Å². The van der Waals surface area contributed by atoms with Gasteiger partial charge in [-0.3, -0.25) is 0 Å². The number of nitrogens with one attached hydrogen (secondary N) is 1. The number of esters is 1. The van der Waals surface area contributed by atoms with E-state index in [-0.39, 0.29) is 5.97 Å². The van der Waals surface area contributed by atoms with Crippen LogP contribution in [0, 0.1) is 5.41 Å². The smallest absolute Gasteiger partial charge is 0.339 e. The van der Waals surface area contributed by atoms with Crippen molar-refractivity contribution in [3.8, 4) is 0 Å². The summed E-state index contributed by atoms with van der Waals surface area (Å²) in [6.07, 6.45) is 1.12. The Kier molecular flexibility index (Phi) is 4.40. The number of anilines is 1. The van der Waals surface area contributed by atoms with Crippen molar-refractivity contribution in [1.29, 1.82) is 0 Å². The summed E-state index contributed by atoms with van der Waals surface area (Å²) in [5, 5.41) is 3.50. The quantitative estimate of drug-likeness (QED) is 0.860. The van der Waals surface area contributed by atoms with E-state index in [9.17, 15) is 4.79 Å². The van der Waals surface area contributed by atoms with Crippen LogP contribution >= 0.6 is 11.8 Å². The number of ether oxygens (including phenoxy) is 1. The number of para-hydroxylation sites is 1. The molecule has 2 rings (SSSR count). The molecule has 0 amide bonds. The molecule has 0 aromatic heterocycles. The average Bonchev–Trinajstić information content (AvgIpc) is 2.37. The number of hydrogen-bond acceptors (Lipinski definition) is 4. The van der Waals surface area contributed by atoms with Gasteiger partial charge in [0, 0.05) is 17.5 Å². The molecule has 0 radical (unpaired) electrons. The van der Waals surface area contributed by atoms with E-state index in [1.807, 2.05) is 30.0 Å². The van der Waals surface area contributed by atoms with Crippen molar-refractivity contribution in [2.45, 2.75) is 26.3 Å². The number of carbonyl (C=O) groups is 1. The van der Waals surface area contributed by atoms with Crippen LogP contribution in [0.3, 0.4) is 0 Å². The van der Waals surface area contributed by atoms with Crippen LogP contribution < -0.4 is 5.32 Å². The first-order chi connectivity index (χ1) is 9.02. The minimum atomic E-state index is -0.286. The first kappa shape index (κ1) is 14.3. The predicted molar refractivity (Wildman–Crippen MR) is 80.9 cm³/mol. The largest absolute Gasteiger partial charge is 0.465 e. The Morgan fingerprint density at radius 1 is 1.42 bits per heavy atom. The van der Waals surface area contributed by atoms with Crippen molar-refractivity contribution < 1.29 is 9.53 Å². The predicted octanol–water partition coefficient (Wildman–Crippen LogP) is 3.42. The SMILES string of the molecule is COC(=O)c1ccccc1NC1CSCC(C)(C)C1. The van der Waals surface area contributed by atoms with E-state index in [1.165, 1.54) is 12.9 Å². The summed E-state index contributed by atoms with van der Waals surface area (Å²) in [5.41, 5.74) is 1.83. The van der Waals surface area contributed by atoms with E-state index in [1.54, 1.807) is 6.07 Å². The van der Waals surface area contributed by atoms with Crippen molar-refractivity contribution in [2.24, 2.45) is 5.41 Å². The Labute approximate surface area is 119 Å². The second-order valence-electron chi connectivity index (χ2n) is 5.76. The maximum atomic E-state index is 11.7. The standard InChI is InChI=1S/C15H21NO2S/c1-15(2)8-11(9-19-10-15)16-13-7-5-4-6-12(13)14(17)18-3/h4-7,11,16H,8-10H2,1-3H3. The minimum absolute atomic E-state index is 0.286. The number of thioether (sulfide) groups is 1. The molecule has 1 atom stereocenters. The fourth-order valence-corrected chi connectivity index (χ4v) is 3.75. The van der Waals surface area contributed by atoms with Gasteiger partial charge in [-0.1, -0.05) is 26.0 Å². The first-order valence-corrected chi connectivity index (χ1v) is 7.69. The van der Waals surface area contributed by atoms with Crippen LogP contribution in [0.2, 0.25) is 0 Å². The fourth-order valence-electron chi connectivity index (χ4n) is 2.47. The Balaban J connectivity index is 2.13. The monoisotopic (exact) mass is 279 g/mol. The number of benzene rings is 1. The molecule has 1 saturated heterocycles. The number of methoxy groups -OCH3 is 1. The molecule has 1 aromatic rings. The molecule has 1 N–H and O–H groups in total. The molecule has 104 valence electrons. The molecule has 3 nitrogen and oxygen atoms in total. The molecular formula is C15H21NO2S. The maximum absolute atomic E-state index is 11.7. The molecule has 0 saturated carbocycles. The Hall–Kier alpha value is -1.16. The summed E-state index contributed by atoms with van der Waals surface area (Å²) >= 11 is 1.97. The van der Waals surface area contributed by atoms with Crippen molar-refractivity contribution >= 4 is 23.4 Å². The van der Waals surface area contributed by atoms with Crippen molar-refractivity contribution in [3.05, 3.63) is 29.8 Å². The lowest BCUT2D eigenvalue weighted by atomic mass is 9.87. The van der Waals surface area contributed by atoms with E-state index in [2.05, 4.69) is 19.2 Å². The molecule has 1 aromatic carbocycles. The lowest BCUT2D eigenvalue weighted by Gasteiger charge is -2.35. The lowest BCUT2D eigenvalue weighted by Crippen LogP contribution is -2.35. The number of carbonyl (C=O) groups excluding carboxylic acids is 1. The van der Waals surface area contributed by atoms with Crippen molar-refractivity contribution in [3.63, 3.8) is 0 Å². The summed E-state index contributed by atoms with van der Waals surface area (Å²) in [7, 11) is 1.42. The van der Waals surface area contributed by atoms with E-state index in [4.69, 9.17) is 4.74 Å². The van der Waals surface area contributed by atoms with Crippen LogP contribution in [0.4, 0.5) is 5.69 Å². The molecule has 1 aliphatic rings. The van der Waals surface area contributed by atoms with Crippen molar-refractivity contribution in [1.82, 2.24) is 0 Å². The third-order valence-electron chi connectivity index (χ3n) is 3.30. The van der Waals surface area contributed by atoms with Crippen LogP contribution in [-0.2, 0) is 4.74 Å². The third kappa shape index (κ3) is 3.66. The van der Waals surface area contributed by atoms with Gasteiger partial charge in [0.05, 0.1) is 12.7 Å². The molecule has 19 heavy (non-hydrogen) atoms. The highest BCUT2D eigenvalue weighted by Gasteiger charge is 2.29. The first-order valence-electron chi connectivity index (χ1n) is 6.53. The maximum Gasteiger partial charge on any atom is 0.339 e. The highest BCUT2D eigenvalue weighted by Crippen LogP contribution is 2.35. The molecule has 0 bridgehead atoms. The summed E-state index contributed by atoms with van der Waals surface area (Å²) in [6.45, 7) is 4.58. The summed E-state index contributed by atoms with van der Waals surface area (Å²) in [6, 6.07) is 7.94. The Morgan fingerprint density at radius 2 is 2.16 bits per heavy atom. The lowest BCUT2D eigenvalue weighted by molar-refractivity contribution is 0.0602. The Morgan fingerprint density at radius 3 is 2.84 bits per heavy atom. The zero-order chi connectivity index (χ0) is 13.9. The van der Waals surface area contributed by atoms with Gasteiger partial charge < -0.3 is 10.1 Å². The second-order valence-corrected chi connectivity index (χ2v) is 6.79. The van der Waals surface area contributed by atoms with Gasteiger partial charge in [0.15, 0.2) is 0 Å². The second kappa shape index (κ2) is 5.87. The van der Waals surface area contributed by atoms with Gasteiger partial charge in [0.25, 0.3) is 0 Å². The van der Waals surface area contributed by atoms with Crippen LogP contribution in [0.15, 0.2) is 24.3 Å². The minimum Gasteiger partial charge on any atom is -0.465 e. The molecule has 1 unspecified atom stereocenters. The molecule has 1 aliphatic heterocycles. The number of hydrogen-bond donors (Lipinski definition) is 1. The van der Waals surface area contributed by atoms with Gasteiger partial charge in [-0.05, 0) is 29.7 Å². The van der Waals surface area contributed by atoms with E-state index < -0.39 is 0 Å². The highest BCUT2D eigenvalue weighted by molar-refractivity contribution is 7.99. The van der Waals surface area contributed by atoms with Gasteiger partial charge in [0.2, 0.25) is 0 Å². The van der Waals surface area contributed by atoms with Gasteiger partial charge in [-0.25, -0.2) is 4.79 Å². The number of rotatable bonds is 3. The van der Waals surface area contributed by atoms with Crippen LogP contribution in [0.1, 0.15) is 30.6 Å². The van der Waals surface area contributed by atoms with Crippen LogP contribution in [-0.4, -0.2) is 30.6 Å². The van der Waals surface area contributed by atoms with Gasteiger partial charge in [-0.15, -0.1) is 0 Å². The van der Waals surface area contributed by atoms with Crippen LogP contribution in [0.25, 0.3) is 0 Å². The fraction of sp³-hybridized carbons (Fsp3) is 0.533. The van der Waals surface area contributed by atoms with Gasteiger partial charge in [0.1, 0.15) is 0 Å². The average molecular weight is 279 g/mol. The van der Waals surface area contributed by atoms with Gasteiger partial charge in [-0.2, -0.15) is 11.8 Å². The summed E-state index contributed by atoms with van der Waals surface area (Å²) in [4.78, 5) is 11.7. The molecule has 4 heteroatoms. The highest BCUT2D eigenvalue weighted by atomic mass is 32.2. The molecule has 1 heterocycles.